The van der Waals surface area contributed by atoms with Crippen LogP contribution in [0.3, 0.4) is 0 Å². The van der Waals surface area contributed by atoms with E-state index in [9.17, 15) is 4.79 Å². The molecule has 1 aliphatic carbocycles. The molecule has 0 atom stereocenters. The molecule has 0 unspecified atom stereocenters. The van der Waals surface area contributed by atoms with Crippen molar-refractivity contribution in [3.05, 3.63) is 75.1 Å². The van der Waals surface area contributed by atoms with Crippen molar-refractivity contribution in [1.82, 2.24) is 0 Å². The van der Waals surface area contributed by atoms with E-state index in [1.807, 2.05) is 18.2 Å². The van der Waals surface area contributed by atoms with Crippen molar-refractivity contribution < 1.29 is 4.42 Å². The Balaban J connectivity index is 1.51. The fourth-order valence-corrected chi connectivity index (χ4v) is 8.03. The lowest BCUT2D eigenvalue weighted by Crippen LogP contribution is -2.45. The van der Waals surface area contributed by atoms with Crippen molar-refractivity contribution in [3.63, 3.8) is 0 Å². The average molecular weight is 565 g/mol. The van der Waals surface area contributed by atoms with Gasteiger partial charge in [0.25, 0.3) is 0 Å². The molecule has 1 saturated carbocycles. The molecule has 0 spiro atoms. The second-order valence-corrected chi connectivity index (χ2v) is 14.2. The standard InChI is InChI=1S/C36H40N2O2S/c1-35(2)16-18-38-19-17-36(3,4)30-31(38)27(35)20-25-29(23-11-6-5-7-12-23)26(34(39)40-32(25)30)21-37-28-15-14-22-10-8-9-13-24(22)33(28)41/h8-10,13-15,20-21,23,41H,5-7,11-12,16-19H2,1-4H3. The van der Waals surface area contributed by atoms with Crippen molar-refractivity contribution in [2.24, 2.45) is 4.99 Å². The van der Waals surface area contributed by atoms with Crippen LogP contribution in [-0.4, -0.2) is 19.3 Å². The van der Waals surface area contributed by atoms with E-state index in [4.69, 9.17) is 22.0 Å². The van der Waals surface area contributed by atoms with Gasteiger partial charge in [-0.05, 0) is 76.5 Å². The molecule has 0 bridgehead atoms. The molecule has 3 aliphatic rings. The number of hydrogen-bond donors (Lipinski definition) is 1. The summed E-state index contributed by atoms with van der Waals surface area (Å²) in [5, 5.41) is 3.31. The fourth-order valence-electron chi connectivity index (χ4n) is 7.70. The first kappa shape index (κ1) is 26.8. The molecule has 0 saturated heterocycles. The molecular formula is C36H40N2O2S. The third-order valence-corrected chi connectivity index (χ3v) is 10.7. The topological polar surface area (TPSA) is 45.8 Å². The predicted molar refractivity (Wildman–Crippen MR) is 174 cm³/mol. The highest BCUT2D eigenvalue weighted by molar-refractivity contribution is 7.80. The first-order valence-corrected chi connectivity index (χ1v) is 15.8. The lowest BCUT2D eigenvalue weighted by atomic mass is 9.68. The van der Waals surface area contributed by atoms with Gasteiger partial charge in [-0.3, -0.25) is 4.99 Å². The summed E-state index contributed by atoms with van der Waals surface area (Å²) >= 11 is 4.84. The Labute approximate surface area is 248 Å². The molecule has 5 heteroatoms. The van der Waals surface area contributed by atoms with Gasteiger partial charge in [0.15, 0.2) is 0 Å². The van der Waals surface area contributed by atoms with Gasteiger partial charge in [-0.25, -0.2) is 4.79 Å². The van der Waals surface area contributed by atoms with Gasteiger partial charge in [0.1, 0.15) is 5.58 Å². The zero-order chi connectivity index (χ0) is 28.5. The molecule has 212 valence electrons. The first-order chi connectivity index (χ1) is 19.7. The van der Waals surface area contributed by atoms with Crippen molar-refractivity contribution in [2.75, 3.05) is 18.0 Å². The Morgan fingerprint density at radius 3 is 2.46 bits per heavy atom. The summed E-state index contributed by atoms with van der Waals surface area (Å²) in [6.45, 7) is 11.5. The highest BCUT2D eigenvalue weighted by atomic mass is 32.1. The average Bonchev–Trinajstić information content (AvgIpc) is 2.96. The van der Waals surface area contributed by atoms with E-state index in [0.717, 1.165) is 76.7 Å². The smallest absolute Gasteiger partial charge is 0.345 e. The lowest BCUT2D eigenvalue weighted by Gasteiger charge is -2.48. The van der Waals surface area contributed by atoms with Crippen LogP contribution in [0.15, 0.2) is 61.6 Å². The van der Waals surface area contributed by atoms with Crippen LogP contribution < -0.4 is 10.5 Å². The van der Waals surface area contributed by atoms with Gasteiger partial charge >= 0.3 is 5.63 Å². The minimum absolute atomic E-state index is 0.0580. The Kier molecular flexibility index (Phi) is 6.39. The van der Waals surface area contributed by atoms with Gasteiger partial charge in [0.05, 0.1) is 11.3 Å². The monoisotopic (exact) mass is 564 g/mol. The maximum Gasteiger partial charge on any atom is 0.345 e. The molecule has 2 aliphatic heterocycles. The van der Waals surface area contributed by atoms with E-state index in [0.29, 0.717) is 11.5 Å². The summed E-state index contributed by atoms with van der Waals surface area (Å²) in [7, 11) is 0. The lowest BCUT2D eigenvalue weighted by molar-refractivity contribution is 0.397. The summed E-state index contributed by atoms with van der Waals surface area (Å²) in [4.78, 5) is 22.3. The maximum atomic E-state index is 14.0. The SMILES string of the molecule is CC1(C)CCN2CCC(C)(C)c3c2c1cc1c(C2CCCCC2)c(C=Nc2ccc4ccccc4c2S)c(=O)oc31. The van der Waals surface area contributed by atoms with Crippen LogP contribution in [0.5, 0.6) is 0 Å². The number of benzene rings is 3. The van der Waals surface area contributed by atoms with Crippen molar-refractivity contribution in [1.29, 1.82) is 0 Å². The van der Waals surface area contributed by atoms with E-state index in [1.165, 1.54) is 36.1 Å². The van der Waals surface area contributed by atoms with Gasteiger partial charge in [0.2, 0.25) is 0 Å². The van der Waals surface area contributed by atoms with Crippen LogP contribution in [0.4, 0.5) is 11.4 Å². The number of thiol groups is 1. The molecule has 0 N–H and O–H groups in total. The Bertz CT molecular complexity index is 1770. The van der Waals surface area contributed by atoms with E-state index in [1.54, 1.807) is 6.21 Å². The largest absolute Gasteiger partial charge is 0.422 e. The quantitative estimate of drug-likeness (QED) is 0.153. The minimum atomic E-state index is -0.275. The molecule has 4 nitrogen and oxygen atoms in total. The molecule has 0 radical (unpaired) electrons. The van der Waals surface area contributed by atoms with Gasteiger partial charge in [0, 0.05) is 40.8 Å². The summed E-state index contributed by atoms with van der Waals surface area (Å²) in [5.74, 6) is 0.323. The highest BCUT2D eigenvalue weighted by Gasteiger charge is 2.42. The molecule has 3 heterocycles. The predicted octanol–water partition coefficient (Wildman–Crippen LogP) is 9.20. The molecule has 3 aromatic carbocycles. The normalized spacial score (nSPS) is 20.2. The number of rotatable bonds is 3. The third-order valence-electron chi connectivity index (χ3n) is 10.2. The fraction of sp³-hybridized carbons (Fsp3) is 0.444. The molecule has 0 amide bonds. The van der Waals surface area contributed by atoms with Crippen LogP contribution in [0.1, 0.15) is 101 Å². The Hall–Kier alpha value is -3.05. The maximum absolute atomic E-state index is 14.0. The minimum Gasteiger partial charge on any atom is -0.422 e. The van der Waals surface area contributed by atoms with Gasteiger partial charge < -0.3 is 9.32 Å². The van der Waals surface area contributed by atoms with Crippen LogP contribution in [-0.2, 0) is 10.8 Å². The molecule has 1 fully saturated rings. The van der Waals surface area contributed by atoms with Crippen LogP contribution in [0.2, 0.25) is 0 Å². The van der Waals surface area contributed by atoms with Crippen molar-refractivity contribution in [2.45, 2.75) is 94.3 Å². The second-order valence-electron chi connectivity index (χ2n) is 13.7. The summed E-state index contributed by atoms with van der Waals surface area (Å²) in [6.07, 6.45) is 9.78. The molecular weight excluding hydrogens is 524 g/mol. The molecule has 7 rings (SSSR count). The highest BCUT2D eigenvalue weighted by Crippen LogP contribution is 2.53. The Morgan fingerprint density at radius 2 is 1.68 bits per heavy atom. The first-order valence-electron chi connectivity index (χ1n) is 15.3. The van der Waals surface area contributed by atoms with Crippen LogP contribution in [0, 0.1) is 0 Å². The number of anilines is 1. The number of fused-ring (bicyclic) bond motifs is 3. The zero-order valence-corrected chi connectivity index (χ0v) is 25.6. The van der Waals surface area contributed by atoms with Crippen LogP contribution >= 0.6 is 12.6 Å². The van der Waals surface area contributed by atoms with Crippen LogP contribution in [0.25, 0.3) is 21.7 Å². The van der Waals surface area contributed by atoms with Gasteiger partial charge in [-0.15, -0.1) is 12.6 Å². The van der Waals surface area contributed by atoms with Crippen molar-refractivity contribution in [3.8, 4) is 0 Å². The van der Waals surface area contributed by atoms with E-state index < -0.39 is 0 Å². The van der Waals surface area contributed by atoms with Gasteiger partial charge in [-0.2, -0.15) is 0 Å². The third kappa shape index (κ3) is 4.34. The van der Waals surface area contributed by atoms with Crippen molar-refractivity contribution >= 4 is 52.0 Å². The molecule has 1 aromatic heterocycles. The second kappa shape index (κ2) is 9.76. The van der Waals surface area contributed by atoms with E-state index in [-0.39, 0.29) is 16.5 Å². The van der Waals surface area contributed by atoms with Gasteiger partial charge in [-0.1, -0.05) is 77.3 Å². The number of hydrogen-bond acceptors (Lipinski definition) is 5. The molecule has 41 heavy (non-hydrogen) atoms. The molecule has 4 aromatic rings. The van der Waals surface area contributed by atoms with E-state index >= 15 is 0 Å². The summed E-state index contributed by atoms with van der Waals surface area (Å²) < 4.78 is 6.39. The summed E-state index contributed by atoms with van der Waals surface area (Å²) in [6, 6.07) is 14.7. The summed E-state index contributed by atoms with van der Waals surface area (Å²) in [5.41, 5.74) is 6.98. The van der Waals surface area contributed by atoms with E-state index in [2.05, 4.69) is 56.9 Å². The Morgan fingerprint density at radius 1 is 0.951 bits per heavy atom. The number of aliphatic imine (C=N–C) groups is 1. The zero-order valence-electron chi connectivity index (χ0n) is 24.7. The number of nitrogens with zero attached hydrogens (tertiary/aromatic N) is 2.